The van der Waals surface area contributed by atoms with Crippen LogP contribution in [0.4, 0.5) is 0 Å². The van der Waals surface area contributed by atoms with Gasteiger partial charge in [0, 0.05) is 31.6 Å². The molecule has 138 valence electrons. The lowest BCUT2D eigenvalue weighted by Crippen LogP contribution is -2.46. The molecule has 1 aromatic carbocycles. The molecule has 5 heteroatoms. The van der Waals surface area contributed by atoms with Gasteiger partial charge in [-0.2, -0.15) is 0 Å². The average molecular weight is 371 g/mol. The molecule has 1 aliphatic rings. The number of carbonyl (C=O) groups is 2. The summed E-state index contributed by atoms with van der Waals surface area (Å²) >= 11 is 1.48. The van der Waals surface area contributed by atoms with Gasteiger partial charge in [-0.15, -0.1) is 11.3 Å². The van der Waals surface area contributed by atoms with Crippen molar-refractivity contribution in [3.8, 4) is 0 Å². The normalized spacial score (nSPS) is 15.3. The summed E-state index contributed by atoms with van der Waals surface area (Å²) in [5, 5.41) is 1.92. The van der Waals surface area contributed by atoms with Crippen molar-refractivity contribution >= 4 is 23.2 Å². The van der Waals surface area contributed by atoms with Crippen molar-refractivity contribution < 1.29 is 9.59 Å². The zero-order chi connectivity index (χ0) is 18.5. The van der Waals surface area contributed by atoms with Crippen LogP contribution in [0.3, 0.4) is 0 Å². The summed E-state index contributed by atoms with van der Waals surface area (Å²) in [5.41, 5.74) is 1.15. The van der Waals surface area contributed by atoms with E-state index in [0.717, 1.165) is 23.3 Å². The first-order valence-electron chi connectivity index (χ1n) is 9.23. The standard InChI is InChI=1S/C21H26N2O2S/c1-16(2)23(15-17-7-4-3-5-8-17)20(24)18-10-12-22(13-11-18)21(25)19-9-6-14-26-19/h3-9,14,16,18H,10-13,15H2,1-2H3. The molecule has 0 aliphatic carbocycles. The number of amides is 2. The molecule has 0 radical (unpaired) electrons. The topological polar surface area (TPSA) is 40.6 Å². The van der Waals surface area contributed by atoms with E-state index in [-0.39, 0.29) is 23.8 Å². The maximum atomic E-state index is 13.1. The van der Waals surface area contributed by atoms with Crippen LogP contribution in [0.25, 0.3) is 0 Å². The van der Waals surface area contributed by atoms with Crippen molar-refractivity contribution in [3.63, 3.8) is 0 Å². The highest BCUT2D eigenvalue weighted by atomic mass is 32.1. The van der Waals surface area contributed by atoms with Gasteiger partial charge in [0.25, 0.3) is 5.91 Å². The summed E-state index contributed by atoms with van der Waals surface area (Å²) in [6.07, 6.45) is 1.49. The molecule has 0 bridgehead atoms. The lowest BCUT2D eigenvalue weighted by molar-refractivity contribution is -0.139. The van der Waals surface area contributed by atoms with Crippen molar-refractivity contribution in [3.05, 3.63) is 58.3 Å². The third-order valence-corrected chi connectivity index (χ3v) is 5.82. The van der Waals surface area contributed by atoms with E-state index in [1.807, 2.05) is 45.5 Å². The van der Waals surface area contributed by atoms with E-state index in [1.165, 1.54) is 11.3 Å². The Kier molecular flexibility index (Phi) is 6.09. The predicted molar refractivity (Wildman–Crippen MR) is 105 cm³/mol. The summed E-state index contributed by atoms with van der Waals surface area (Å²) in [7, 11) is 0. The number of piperidine rings is 1. The minimum atomic E-state index is 0.00787. The Balaban J connectivity index is 1.60. The third kappa shape index (κ3) is 4.33. The van der Waals surface area contributed by atoms with Crippen molar-refractivity contribution in [2.75, 3.05) is 13.1 Å². The van der Waals surface area contributed by atoms with E-state index in [1.54, 1.807) is 0 Å². The van der Waals surface area contributed by atoms with E-state index < -0.39 is 0 Å². The van der Waals surface area contributed by atoms with Crippen LogP contribution in [0, 0.1) is 5.92 Å². The fourth-order valence-corrected chi connectivity index (χ4v) is 4.11. The number of hydrogen-bond acceptors (Lipinski definition) is 3. The molecule has 2 aromatic rings. The number of hydrogen-bond donors (Lipinski definition) is 0. The molecule has 1 aromatic heterocycles. The van der Waals surface area contributed by atoms with Gasteiger partial charge in [0.05, 0.1) is 4.88 Å². The van der Waals surface area contributed by atoms with E-state index in [4.69, 9.17) is 0 Å². The Morgan fingerprint density at radius 1 is 1.12 bits per heavy atom. The molecule has 1 saturated heterocycles. The Morgan fingerprint density at radius 2 is 1.81 bits per heavy atom. The summed E-state index contributed by atoms with van der Waals surface area (Å²) in [6, 6.07) is 14.1. The number of benzene rings is 1. The number of thiophene rings is 1. The van der Waals surface area contributed by atoms with Crippen LogP contribution in [0.15, 0.2) is 47.8 Å². The second-order valence-corrected chi connectivity index (χ2v) is 8.04. The maximum absolute atomic E-state index is 13.1. The van der Waals surface area contributed by atoms with Crippen LogP contribution in [0.1, 0.15) is 41.9 Å². The predicted octanol–water partition coefficient (Wildman–Crippen LogP) is 4.04. The van der Waals surface area contributed by atoms with E-state index in [2.05, 4.69) is 26.0 Å². The number of carbonyl (C=O) groups excluding carboxylic acids is 2. The minimum Gasteiger partial charge on any atom is -0.338 e. The zero-order valence-electron chi connectivity index (χ0n) is 15.4. The highest BCUT2D eigenvalue weighted by Crippen LogP contribution is 2.24. The highest BCUT2D eigenvalue weighted by molar-refractivity contribution is 7.12. The van der Waals surface area contributed by atoms with Crippen LogP contribution < -0.4 is 0 Å². The van der Waals surface area contributed by atoms with E-state index in [9.17, 15) is 9.59 Å². The fourth-order valence-electron chi connectivity index (χ4n) is 3.42. The second kappa shape index (κ2) is 8.49. The Hall–Kier alpha value is -2.14. The van der Waals surface area contributed by atoms with Gasteiger partial charge in [0.1, 0.15) is 0 Å². The molecule has 4 nitrogen and oxygen atoms in total. The summed E-state index contributed by atoms with van der Waals surface area (Å²) < 4.78 is 0. The van der Waals surface area contributed by atoms with Crippen molar-refractivity contribution in [2.24, 2.45) is 5.92 Å². The number of likely N-dealkylation sites (tertiary alicyclic amines) is 1. The van der Waals surface area contributed by atoms with Crippen LogP contribution in [0.5, 0.6) is 0 Å². The summed E-state index contributed by atoms with van der Waals surface area (Å²) in [5.74, 6) is 0.316. The maximum Gasteiger partial charge on any atom is 0.263 e. The van der Waals surface area contributed by atoms with Gasteiger partial charge < -0.3 is 9.80 Å². The molecular formula is C21H26N2O2S. The highest BCUT2D eigenvalue weighted by Gasteiger charge is 2.31. The Labute approximate surface area is 159 Å². The smallest absolute Gasteiger partial charge is 0.263 e. The molecule has 3 rings (SSSR count). The van der Waals surface area contributed by atoms with Crippen LogP contribution in [-0.2, 0) is 11.3 Å². The quantitative estimate of drug-likeness (QED) is 0.797. The first kappa shape index (κ1) is 18.6. The molecule has 2 heterocycles. The van der Waals surface area contributed by atoms with E-state index >= 15 is 0 Å². The molecule has 0 saturated carbocycles. The van der Waals surface area contributed by atoms with Crippen LogP contribution in [0.2, 0.25) is 0 Å². The molecule has 2 amide bonds. The van der Waals surface area contributed by atoms with Crippen LogP contribution >= 0.6 is 11.3 Å². The van der Waals surface area contributed by atoms with Gasteiger partial charge in [-0.3, -0.25) is 9.59 Å². The molecule has 0 N–H and O–H groups in total. The third-order valence-electron chi connectivity index (χ3n) is 4.97. The van der Waals surface area contributed by atoms with Gasteiger partial charge in [-0.25, -0.2) is 0 Å². The van der Waals surface area contributed by atoms with Crippen molar-refractivity contribution in [1.29, 1.82) is 0 Å². The zero-order valence-corrected chi connectivity index (χ0v) is 16.2. The monoisotopic (exact) mass is 370 g/mol. The first-order chi connectivity index (χ1) is 12.6. The summed E-state index contributed by atoms with van der Waals surface area (Å²) in [6.45, 7) is 6.09. The van der Waals surface area contributed by atoms with Gasteiger partial charge in [-0.1, -0.05) is 36.4 Å². The second-order valence-electron chi connectivity index (χ2n) is 7.09. The largest absolute Gasteiger partial charge is 0.338 e. The SMILES string of the molecule is CC(C)N(Cc1ccccc1)C(=O)C1CCN(C(=O)c2cccs2)CC1. The molecule has 1 aliphatic heterocycles. The summed E-state index contributed by atoms with van der Waals surface area (Å²) in [4.78, 5) is 30.2. The Morgan fingerprint density at radius 3 is 2.38 bits per heavy atom. The number of rotatable bonds is 5. The van der Waals surface area contributed by atoms with E-state index in [0.29, 0.717) is 19.6 Å². The van der Waals surface area contributed by atoms with Gasteiger partial charge in [0.15, 0.2) is 0 Å². The first-order valence-corrected chi connectivity index (χ1v) is 10.1. The fraction of sp³-hybridized carbons (Fsp3) is 0.429. The minimum absolute atomic E-state index is 0.00787. The lowest BCUT2D eigenvalue weighted by atomic mass is 9.94. The van der Waals surface area contributed by atoms with Gasteiger partial charge in [-0.05, 0) is 43.7 Å². The lowest BCUT2D eigenvalue weighted by Gasteiger charge is -2.35. The van der Waals surface area contributed by atoms with Gasteiger partial charge >= 0.3 is 0 Å². The number of nitrogens with zero attached hydrogens (tertiary/aromatic N) is 2. The van der Waals surface area contributed by atoms with Crippen molar-refractivity contribution in [2.45, 2.75) is 39.3 Å². The van der Waals surface area contributed by atoms with Crippen LogP contribution in [-0.4, -0.2) is 40.7 Å². The molecular weight excluding hydrogens is 344 g/mol. The molecule has 1 fully saturated rings. The average Bonchev–Trinajstić information content (AvgIpc) is 3.20. The molecule has 0 spiro atoms. The van der Waals surface area contributed by atoms with Gasteiger partial charge in [0.2, 0.25) is 5.91 Å². The molecule has 0 atom stereocenters. The van der Waals surface area contributed by atoms with Crippen molar-refractivity contribution in [1.82, 2.24) is 9.80 Å². The molecule has 26 heavy (non-hydrogen) atoms. The molecule has 0 unspecified atom stereocenters. The Bertz CT molecular complexity index is 720.